The van der Waals surface area contributed by atoms with Crippen LogP contribution in [-0.4, -0.2) is 12.2 Å². The first-order chi connectivity index (χ1) is 8.16. The van der Waals surface area contributed by atoms with E-state index in [-0.39, 0.29) is 0 Å². The molecule has 90 valence electrons. The fraction of sp³-hybridized carbons (Fsp3) is 0.286. The quantitative estimate of drug-likeness (QED) is 0.878. The van der Waals surface area contributed by atoms with Crippen LogP contribution in [-0.2, 0) is 6.54 Å². The summed E-state index contributed by atoms with van der Waals surface area (Å²) in [6, 6.07) is 9.89. The van der Waals surface area contributed by atoms with E-state index in [0.29, 0.717) is 0 Å². The monoisotopic (exact) mass is 231 g/mol. The van der Waals surface area contributed by atoms with Gasteiger partial charge in [0.15, 0.2) is 0 Å². The summed E-state index contributed by atoms with van der Waals surface area (Å²) in [6.45, 7) is 2.58. The molecule has 0 spiro atoms. The van der Waals surface area contributed by atoms with Crippen LogP contribution in [0.5, 0.6) is 0 Å². The largest absolute Gasteiger partial charge is 0.472 e. The van der Waals surface area contributed by atoms with Gasteiger partial charge in [-0.05, 0) is 30.7 Å². The minimum Gasteiger partial charge on any atom is -0.472 e. The molecule has 0 radical (unpaired) electrons. The highest BCUT2D eigenvalue weighted by atomic mass is 16.3. The topological polar surface area (TPSA) is 36.6 Å². The van der Waals surface area contributed by atoms with Crippen LogP contribution in [0.2, 0.25) is 0 Å². The molecule has 0 aliphatic carbocycles. The van der Waals surface area contributed by atoms with Gasteiger partial charge in [0, 0.05) is 24.8 Å². The summed E-state index contributed by atoms with van der Waals surface area (Å²) >= 11 is 0. The molecule has 0 amide bonds. The summed E-state index contributed by atoms with van der Waals surface area (Å²) in [5.41, 5.74) is 3.20. The van der Waals surface area contributed by atoms with Crippen molar-refractivity contribution >= 4 is 5.69 Å². The number of anilines is 1. The molecule has 1 aromatic heterocycles. The van der Waals surface area contributed by atoms with Gasteiger partial charge in [-0.25, -0.2) is 0 Å². The Morgan fingerprint density at radius 3 is 2.47 bits per heavy atom. The van der Waals surface area contributed by atoms with E-state index in [2.05, 4.69) is 4.90 Å². The minimum absolute atomic E-state index is 0.414. The summed E-state index contributed by atoms with van der Waals surface area (Å²) in [7, 11) is 2.03. The predicted octanol–water partition coefficient (Wildman–Crippen LogP) is 2.97. The van der Waals surface area contributed by atoms with Crippen molar-refractivity contribution in [2.45, 2.75) is 19.6 Å². The molecule has 2 aromatic rings. The molecular formula is C14H17NO2. The lowest BCUT2D eigenvalue weighted by molar-refractivity contribution is 0.199. The number of hydrogen-bond donors (Lipinski definition) is 1. The van der Waals surface area contributed by atoms with Crippen molar-refractivity contribution in [3.05, 3.63) is 54.0 Å². The van der Waals surface area contributed by atoms with E-state index >= 15 is 0 Å². The second-order valence-electron chi connectivity index (χ2n) is 4.26. The van der Waals surface area contributed by atoms with Crippen LogP contribution >= 0.6 is 0 Å². The Hall–Kier alpha value is -1.74. The molecule has 0 saturated carbocycles. The molecule has 3 heteroatoms. The van der Waals surface area contributed by atoms with Crippen molar-refractivity contribution in [1.82, 2.24) is 0 Å². The smallest absolute Gasteiger partial charge is 0.0952 e. The highest BCUT2D eigenvalue weighted by Gasteiger charge is 2.05. The molecule has 17 heavy (non-hydrogen) atoms. The third-order valence-electron chi connectivity index (χ3n) is 2.82. The number of nitrogens with zero attached hydrogens (tertiary/aromatic N) is 1. The molecule has 2 rings (SSSR count). The molecule has 1 aromatic carbocycles. The normalized spacial score (nSPS) is 12.4. The maximum atomic E-state index is 9.43. The van der Waals surface area contributed by atoms with Crippen LogP contribution in [0, 0.1) is 0 Å². The Morgan fingerprint density at radius 2 is 1.94 bits per heavy atom. The third-order valence-corrected chi connectivity index (χ3v) is 2.82. The molecule has 0 aliphatic heterocycles. The third kappa shape index (κ3) is 2.88. The molecule has 3 nitrogen and oxygen atoms in total. The van der Waals surface area contributed by atoms with Crippen LogP contribution < -0.4 is 4.90 Å². The molecule has 0 bridgehead atoms. The van der Waals surface area contributed by atoms with E-state index in [9.17, 15) is 5.11 Å². The Morgan fingerprint density at radius 1 is 1.24 bits per heavy atom. The first-order valence-electron chi connectivity index (χ1n) is 5.67. The Labute approximate surface area is 101 Å². The van der Waals surface area contributed by atoms with Gasteiger partial charge in [-0.3, -0.25) is 0 Å². The van der Waals surface area contributed by atoms with Gasteiger partial charge in [-0.2, -0.15) is 0 Å². The number of aliphatic hydroxyl groups excluding tert-OH is 1. The molecule has 1 heterocycles. The van der Waals surface area contributed by atoms with E-state index in [4.69, 9.17) is 4.42 Å². The van der Waals surface area contributed by atoms with Crippen molar-refractivity contribution < 1.29 is 9.52 Å². The van der Waals surface area contributed by atoms with Gasteiger partial charge in [0.25, 0.3) is 0 Å². The summed E-state index contributed by atoms with van der Waals surface area (Å²) in [5.74, 6) is 0. The van der Waals surface area contributed by atoms with Crippen LogP contribution in [0.4, 0.5) is 5.69 Å². The van der Waals surface area contributed by atoms with E-state index in [1.165, 1.54) is 0 Å². The van der Waals surface area contributed by atoms with E-state index in [1.807, 2.05) is 37.4 Å². The average Bonchev–Trinajstić information content (AvgIpc) is 2.82. The Kier molecular flexibility index (Phi) is 3.49. The van der Waals surface area contributed by atoms with Crippen LogP contribution in [0.25, 0.3) is 0 Å². The van der Waals surface area contributed by atoms with Gasteiger partial charge in [-0.15, -0.1) is 0 Å². The summed E-state index contributed by atoms with van der Waals surface area (Å²) in [6.07, 6.45) is 3.02. The number of rotatable bonds is 4. The second-order valence-corrected chi connectivity index (χ2v) is 4.26. The predicted molar refractivity (Wildman–Crippen MR) is 67.9 cm³/mol. The van der Waals surface area contributed by atoms with Crippen LogP contribution in [0.15, 0.2) is 47.3 Å². The number of furan rings is 1. The summed E-state index contributed by atoms with van der Waals surface area (Å²) in [5, 5.41) is 9.43. The standard InChI is InChI=1S/C14H17NO2/c1-11(16)13-3-5-14(6-4-13)15(2)9-12-7-8-17-10-12/h3-8,10-11,16H,9H2,1-2H3/t11-/m1/s1. The number of hydrogen-bond acceptors (Lipinski definition) is 3. The number of aliphatic hydroxyl groups is 1. The van der Waals surface area contributed by atoms with Gasteiger partial charge >= 0.3 is 0 Å². The van der Waals surface area contributed by atoms with E-state index in [1.54, 1.807) is 19.5 Å². The zero-order valence-electron chi connectivity index (χ0n) is 10.1. The van der Waals surface area contributed by atoms with Gasteiger partial charge in [0.05, 0.1) is 18.6 Å². The Balaban J connectivity index is 2.06. The minimum atomic E-state index is -0.414. The highest BCUT2D eigenvalue weighted by Crippen LogP contribution is 2.19. The lowest BCUT2D eigenvalue weighted by Crippen LogP contribution is -2.15. The Bertz CT molecular complexity index is 446. The molecule has 1 atom stereocenters. The fourth-order valence-corrected chi connectivity index (χ4v) is 1.76. The van der Waals surface area contributed by atoms with Gasteiger partial charge < -0.3 is 14.4 Å². The van der Waals surface area contributed by atoms with Crippen molar-refractivity contribution in [3.8, 4) is 0 Å². The average molecular weight is 231 g/mol. The second kappa shape index (κ2) is 5.06. The van der Waals surface area contributed by atoms with Gasteiger partial charge in [0.1, 0.15) is 0 Å². The van der Waals surface area contributed by atoms with E-state index < -0.39 is 6.10 Å². The molecule has 0 aliphatic rings. The molecule has 0 saturated heterocycles. The summed E-state index contributed by atoms with van der Waals surface area (Å²) < 4.78 is 5.04. The van der Waals surface area contributed by atoms with E-state index in [0.717, 1.165) is 23.4 Å². The van der Waals surface area contributed by atoms with Gasteiger partial charge in [0.2, 0.25) is 0 Å². The molecule has 0 unspecified atom stereocenters. The van der Waals surface area contributed by atoms with Crippen LogP contribution in [0.3, 0.4) is 0 Å². The lowest BCUT2D eigenvalue weighted by atomic mass is 10.1. The van der Waals surface area contributed by atoms with Crippen molar-refractivity contribution in [2.24, 2.45) is 0 Å². The molecule has 1 N–H and O–H groups in total. The summed E-state index contributed by atoms with van der Waals surface area (Å²) in [4.78, 5) is 2.14. The molecular weight excluding hydrogens is 214 g/mol. The first-order valence-corrected chi connectivity index (χ1v) is 5.67. The maximum Gasteiger partial charge on any atom is 0.0952 e. The maximum absolute atomic E-state index is 9.43. The number of benzene rings is 1. The zero-order valence-corrected chi connectivity index (χ0v) is 10.1. The fourth-order valence-electron chi connectivity index (χ4n) is 1.76. The zero-order chi connectivity index (χ0) is 12.3. The highest BCUT2D eigenvalue weighted by molar-refractivity contribution is 5.47. The van der Waals surface area contributed by atoms with Crippen molar-refractivity contribution in [2.75, 3.05) is 11.9 Å². The lowest BCUT2D eigenvalue weighted by Gasteiger charge is -2.19. The van der Waals surface area contributed by atoms with Crippen LogP contribution in [0.1, 0.15) is 24.2 Å². The SMILES string of the molecule is C[C@@H](O)c1ccc(N(C)Cc2ccoc2)cc1. The first kappa shape index (κ1) is 11.7. The molecule has 0 fully saturated rings. The van der Waals surface area contributed by atoms with Gasteiger partial charge in [-0.1, -0.05) is 12.1 Å². The van der Waals surface area contributed by atoms with Crippen molar-refractivity contribution in [3.63, 3.8) is 0 Å². The van der Waals surface area contributed by atoms with Crippen molar-refractivity contribution in [1.29, 1.82) is 0 Å².